The molecule has 0 spiro atoms. The Bertz CT molecular complexity index is 500. The first-order valence-corrected chi connectivity index (χ1v) is 6.53. The lowest BCUT2D eigenvalue weighted by molar-refractivity contribution is -0.142. The molecule has 1 heterocycles. The summed E-state index contributed by atoms with van der Waals surface area (Å²) in [4.78, 5) is 23.2. The van der Waals surface area contributed by atoms with Crippen molar-refractivity contribution in [2.24, 2.45) is 5.92 Å². The molecule has 5 heteroatoms. The van der Waals surface area contributed by atoms with Crippen LogP contribution in [0, 0.1) is 5.92 Å². The molecule has 1 aliphatic carbocycles. The number of carbonyl (C=O) groups excluding carboxylic acids is 1. The van der Waals surface area contributed by atoms with Crippen molar-refractivity contribution in [3.8, 4) is 0 Å². The number of aliphatic carboxylic acids is 1. The van der Waals surface area contributed by atoms with E-state index in [1.165, 1.54) is 0 Å². The van der Waals surface area contributed by atoms with E-state index in [1.807, 2.05) is 24.3 Å². The van der Waals surface area contributed by atoms with Crippen molar-refractivity contribution < 1.29 is 14.7 Å². The van der Waals surface area contributed by atoms with Gasteiger partial charge in [0.1, 0.15) is 12.1 Å². The normalized spacial score (nSPS) is 22.2. The fraction of sp³-hybridized carbons (Fsp3) is 0.429. The van der Waals surface area contributed by atoms with Crippen LogP contribution in [-0.2, 0) is 16.0 Å². The standard InChI is InChI=1S/C14H16N2O3/c17-13(16-12(14(18)19)8-5-6-8)11-7-9-3-1-2-4-10(9)15-11/h1-4,8,11-12,15H,5-7H2,(H,16,17)(H,18,19). The lowest BCUT2D eigenvalue weighted by Gasteiger charge is -2.17. The van der Waals surface area contributed by atoms with E-state index in [0.29, 0.717) is 6.42 Å². The van der Waals surface area contributed by atoms with Crippen LogP contribution < -0.4 is 10.6 Å². The van der Waals surface area contributed by atoms with E-state index in [2.05, 4.69) is 10.6 Å². The summed E-state index contributed by atoms with van der Waals surface area (Å²) < 4.78 is 0. The Morgan fingerprint density at radius 2 is 2.05 bits per heavy atom. The van der Waals surface area contributed by atoms with Gasteiger partial charge in [-0.05, 0) is 30.4 Å². The molecular formula is C14H16N2O3. The number of hydrogen-bond donors (Lipinski definition) is 3. The molecule has 1 aliphatic heterocycles. The average Bonchev–Trinajstić information content (AvgIpc) is 3.12. The van der Waals surface area contributed by atoms with Gasteiger partial charge in [-0.1, -0.05) is 18.2 Å². The predicted octanol–water partition coefficient (Wildman–Crippen LogP) is 1.00. The fourth-order valence-electron chi connectivity index (χ4n) is 2.52. The van der Waals surface area contributed by atoms with Crippen molar-refractivity contribution in [1.29, 1.82) is 0 Å². The number of carboxylic acids is 1. The van der Waals surface area contributed by atoms with Crippen LogP contribution in [-0.4, -0.2) is 29.1 Å². The number of fused-ring (bicyclic) bond motifs is 1. The molecular weight excluding hydrogens is 244 g/mol. The van der Waals surface area contributed by atoms with Gasteiger partial charge in [0.25, 0.3) is 0 Å². The Kier molecular flexibility index (Phi) is 2.89. The van der Waals surface area contributed by atoms with Gasteiger partial charge in [0.15, 0.2) is 0 Å². The summed E-state index contributed by atoms with van der Waals surface area (Å²) in [5, 5.41) is 14.9. The highest BCUT2D eigenvalue weighted by molar-refractivity contribution is 5.90. The molecule has 2 atom stereocenters. The van der Waals surface area contributed by atoms with Crippen LogP contribution in [0.15, 0.2) is 24.3 Å². The van der Waals surface area contributed by atoms with E-state index >= 15 is 0 Å². The molecule has 100 valence electrons. The third-order valence-corrected chi connectivity index (χ3v) is 3.74. The van der Waals surface area contributed by atoms with E-state index in [1.54, 1.807) is 0 Å². The van der Waals surface area contributed by atoms with Gasteiger partial charge in [-0.2, -0.15) is 0 Å². The first kappa shape index (κ1) is 12.0. The third kappa shape index (κ3) is 2.41. The largest absolute Gasteiger partial charge is 0.480 e. The molecule has 3 N–H and O–H groups in total. The molecule has 2 unspecified atom stereocenters. The number of benzene rings is 1. The van der Waals surface area contributed by atoms with E-state index in [4.69, 9.17) is 5.11 Å². The molecule has 3 rings (SSSR count). The first-order chi connectivity index (χ1) is 9.15. The summed E-state index contributed by atoms with van der Waals surface area (Å²) in [5.41, 5.74) is 2.06. The highest BCUT2D eigenvalue weighted by Gasteiger charge is 2.39. The van der Waals surface area contributed by atoms with Crippen LogP contribution in [0.3, 0.4) is 0 Å². The summed E-state index contributed by atoms with van der Waals surface area (Å²) in [5.74, 6) is -1.06. The van der Waals surface area contributed by atoms with Crippen molar-refractivity contribution in [2.75, 3.05) is 5.32 Å². The summed E-state index contributed by atoms with van der Waals surface area (Å²) in [6.07, 6.45) is 2.38. The van der Waals surface area contributed by atoms with Crippen LogP contribution in [0.25, 0.3) is 0 Å². The lowest BCUT2D eigenvalue weighted by Crippen LogP contribution is -2.48. The molecule has 1 amide bonds. The maximum Gasteiger partial charge on any atom is 0.326 e. The summed E-state index contributed by atoms with van der Waals surface area (Å²) in [7, 11) is 0. The van der Waals surface area contributed by atoms with E-state index < -0.39 is 12.0 Å². The van der Waals surface area contributed by atoms with Gasteiger partial charge in [0.05, 0.1) is 0 Å². The number of anilines is 1. The van der Waals surface area contributed by atoms with Crippen LogP contribution in [0.2, 0.25) is 0 Å². The minimum Gasteiger partial charge on any atom is -0.480 e. The molecule has 1 fully saturated rings. The van der Waals surface area contributed by atoms with Gasteiger partial charge in [-0.15, -0.1) is 0 Å². The predicted molar refractivity (Wildman–Crippen MR) is 69.8 cm³/mol. The monoisotopic (exact) mass is 260 g/mol. The van der Waals surface area contributed by atoms with Gasteiger partial charge in [-0.3, -0.25) is 4.79 Å². The van der Waals surface area contributed by atoms with Crippen molar-refractivity contribution in [2.45, 2.75) is 31.3 Å². The highest BCUT2D eigenvalue weighted by atomic mass is 16.4. The Morgan fingerprint density at radius 1 is 1.32 bits per heavy atom. The van der Waals surface area contributed by atoms with Crippen molar-refractivity contribution in [3.05, 3.63) is 29.8 Å². The fourth-order valence-corrected chi connectivity index (χ4v) is 2.52. The van der Waals surface area contributed by atoms with E-state index in [9.17, 15) is 9.59 Å². The third-order valence-electron chi connectivity index (χ3n) is 3.74. The molecule has 2 aliphatic rings. The number of carboxylic acid groups (broad SMARTS) is 1. The number of nitrogens with one attached hydrogen (secondary N) is 2. The zero-order chi connectivity index (χ0) is 13.4. The molecule has 0 radical (unpaired) electrons. The molecule has 19 heavy (non-hydrogen) atoms. The van der Waals surface area contributed by atoms with Crippen LogP contribution in [0.5, 0.6) is 0 Å². The number of amides is 1. The van der Waals surface area contributed by atoms with Gasteiger partial charge < -0.3 is 15.7 Å². The van der Waals surface area contributed by atoms with Gasteiger partial charge in [0.2, 0.25) is 5.91 Å². The van der Waals surface area contributed by atoms with Gasteiger partial charge in [-0.25, -0.2) is 4.79 Å². The number of hydrogen-bond acceptors (Lipinski definition) is 3. The number of rotatable bonds is 4. The van der Waals surface area contributed by atoms with Crippen molar-refractivity contribution in [1.82, 2.24) is 5.32 Å². The zero-order valence-electron chi connectivity index (χ0n) is 10.4. The smallest absolute Gasteiger partial charge is 0.326 e. The molecule has 0 aromatic heterocycles. The zero-order valence-corrected chi connectivity index (χ0v) is 10.4. The van der Waals surface area contributed by atoms with E-state index in [0.717, 1.165) is 24.1 Å². The Hall–Kier alpha value is -2.04. The molecule has 0 bridgehead atoms. The quantitative estimate of drug-likeness (QED) is 0.754. The maximum absolute atomic E-state index is 12.1. The maximum atomic E-state index is 12.1. The summed E-state index contributed by atoms with van der Waals surface area (Å²) in [6, 6.07) is 6.65. The second-order valence-electron chi connectivity index (χ2n) is 5.22. The molecule has 1 aromatic rings. The van der Waals surface area contributed by atoms with Gasteiger partial charge >= 0.3 is 5.97 Å². The van der Waals surface area contributed by atoms with Crippen molar-refractivity contribution >= 4 is 17.6 Å². The highest BCUT2D eigenvalue weighted by Crippen LogP contribution is 2.33. The minimum atomic E-state index is -0.939. The van der Waals surface area contributed by atoms with Crippen LogP contribution in [0.1, 0.15) is 18.4 Å². The summed E-state index contributed by atoms with van der Waals surface area (Å²) >= 11 is 0. The van der Waals surface area contributed by atoms with Gasteiger partial charge in [0, 0.05) is 12.1 Å². The Morgan fingerprint density at radius 3 is 2.68 bits per heavy atom. The minimum absolute atomic E-state index is 0.102. The average molecular weight is 260 g/mol. The second kappa shape index (κ2) is 4.57. The lowest BCUT2D eigenvalue weighted by atomic mass is 10.1. The first-order valence-electron chi connectivity index (χ1n) is 6.53. The summed E-state index contributed by atoms with van der Waals surface area (Å²) in [6.45, 7) is 0. The number of carbonyl (C=O) groups is 2. The van der Waals surface area contributed by atoms with Crippen molar-refractivity contribution in [3.63, 3.8) is 0 Å². The molecule has 1 aromatic carbocycles. The molecule has 5 nitrogen and oxygen atoms in total. The Balaban J connectivity index is 1.64. The number of para-hydroxylation sites is 1. The molecule has 1 saturated carbocycles. The van der Waals surface area contributed by atoms with Crippen LogP contribution in [0.4, 0.5) is 5.69 Å². The SMILES string of the molecule is O=C(NC(C(=O)O)C1CC1)C1Cc2ccccc2N1. The second-order valence-corrected chi connectivity index (χ2v) is 5.22. The van der Waals surface area contributed by atoms with E-state index in [-0.39, 0.29) is 17.9 Å². The molecule has 0 saturated heterocycles. The Labute approximate surface area is 111 Å². The topological polar surface area (TPSA) is 78.4 Å². The van der Waals surface area contributed by atoms with Crippen LogP contribution >= 0.6 is 0 Å².